The summed E-state index contributed by atoms with van der Waals surface area (Å²) >= 11 is 6.17. The highest BCUT2D eigenvalue weighted by Crippen LogP contribution is 2.29. The van der Waals surface area contributed by atoms with Crippen molar-refractivity contribution in [2.75, 3.05) is 32.1 Å². The molecule has 0 amide bonds. The molecule has 0 aromatic rings. The van der Waals surface area contributed by atoms with Crippen LogP contribution in [0.4, 0.5) is 0 Å². The third-order valence-corrected chi connectivity index (χ3v) is 4.93. The molecule has 2 fully saturated rings. The first-order valence-corrected chi connectivity index (χ1v) is 7.91. The molecule has 0 aromatic heterocycles. The molecule has 17 heavy (non-hydrogen) atoms. The number of alkyl halides is 1. The molecule has 0 radical (unpaired) electrons. The molecular weight excluding hydrogens is 232 g/mol. The minimum absolute atomic E-state index is 0.269. The highest BCUT2D eigenvalue weighted by molar-refractivity contribution is 6.18. The van der Waals surface area contributed by atoms with Gasteiger partial charge >= 0.3 is 0 Å². The topological polar surface area (TPSA) is 15.3 Å². The SMILES string of the molecule is ClCC1(NCCCN2CCCC2)CCCCC1. The first-order chi connectivity index (χ1) is 8.35. The van der Waals surface area contributed by atoms with Gasteiger partial charge in [0.1, 0.15) is 0 Å². The molecular formula is C14H27ClN2. The molecule has 1 heterocycles. The van der Waals surface area contributed by atoms with E-state index >= 15 is 0 Å². The number of hydrogen-bond acceptors (Lipinski definition) is 2. The van der Waals surface area contributed by atoms with E-state index in [0.717, 1.165) is 12.4 Å². The van der Waals surface area contributed by atoms with Crippen molar-refractivity contribution in [1.82, 2.24) is 10.2 Å². The van der Waals surface area contributed by atoms with E-state index in [-0.39, 0.29) is 5.54 Å². The van der Waals surface area contributed by atoms with Crippen molar-refractivity contribution < 1.29 is 0 Å². The molecule has 100 valence electrons. The fraction of sp³-hybridized carbons (Fsp3) is 1.00. The lowest BCUT2D eigenvalue weighted by molar-refractivity contribution is 0.249. The fourth-order valence-corrected chi connectivity index (χ4v) is 3.61. The number of nitrogens with zero attached hydrogens (tertiary/aromatic N) is 1. The van der Waals surface area contributed by atoms with Crippen LogP contribution in [0, 0.1) is 0 Å². The average molecular weight is 259 g/mol. The lowest BCUT2D eigenvalue weighted by Crippen LogP contribution is -2.49. The summed E-state index contributed by atoms with van der Waals surface area (Å²) in [6.07, 6.45) is 10.7. The summed E-state index contributed by atoms with van der Waals surface area (Å²) in [6, 6.07) is 0. The van der Waals surface area contributed by atoms with Gasteiger partial charge in [0.15, 0.2) is 0 Å². The molecule has 3 heteroatoms. The van der Waals surface area contributed by atoms with Crippen molar-refractivity contribution in [2.45, 2.75) is 56.9 Å². The maximum Gasteiger partial charge on any atom is 0.0406 e. The molecule has 0 bridgehead atoms. The van der Waals surface area contributed by atoms with Crippen LogP contribution < -0.4 is 5.32 Å². The third-order valence-electron chi connectivity index (χ3n) is 4.42. The van der Waals surface area contributed by atoms with Gasteiger partial charge in [-0.05, 0) is 58.3 Å². The van der Waals surface area contributed by atoms with Crippen LogP contribution in [0.5, 0.6) is 0 Å². The van der Waals surface area contributed by atoms with Crippen LogP contribution in [0.1, 0.15) is 51.4 Å². The van der Waals surface area contributed by atoms with Crippen LogP contribution in [-0.4, -0.2) is 42.5 Å². The molecule has 2 aliphatic rings. The molecule has 2 rings (SSSR count). The minimum atomic E-state index is 0.269. The maximum absolute atomic E-state index is 6.17. The molecule has 1 saturated carbocycles. The molecule has 0 unspecified atom stereocenters. The number of nitrogens with one attached hydrogen (secondary N) is 1. The van der Waals surface area contributed by atoms with E-state index in [1.54, 1.807) is 0 Å². The Bertz CT molecular complexity index is 208. The van der Waals surface area contributed by atoms with Gasteiger partial charge in [0.05, 0.1) is 0 Å². The molecule has 0 atom stereocenters. The van der Waals surface area contributed by atoms with E-state index in [0.29, 0.717) is 0 Å². The molecule has 0 spiro atoms. The lowest BCUT2D eigenvalue weighted by atomic mass is 9.83. The quantitative estimate of drug-likeness (QED) is 0.582. The Morgan fingerprint density at radius 1 is 1.00 bits per heavy atom. The molecule has 0 aromatic carbocycles. The smallest absolute Gasteiger partial charge is 0.0406 e. The average Bonchev–Trinajstić information content (AvgIpc) is 2.89. The van der Waals surface area contributed by atoms with Crippen molar-refractivity contribution in [3.8, 4) is 0 Å². The summed E-state index contributed by atoms with van der Waals surface area (Å²) in [6.45, 7) is 5.05. The van der Waals surface area contributed by atoms with Crippen LogP contribution in [0.25, 0.3) is 0 Å². The summed E-state index contributed by atoms with van der Waals surface area (Å²) in [5.74, 6) is 0.788. The lowest BCUT2D eigenvalue weighted by Gasteiger charge is -2.37. The van der Waals surface area contributed by atoms with Gasteiger partial charge in [0.2, 0.25) is 0 Å². The van der Waals surface area contributed by atoms with Gasteiger partial charge < -0.3 is 10.2 Å². The zero-order valence-electron chi connectivity index (χ0n) is 11.0. The van der Waals surface area contributed by atoms with E-state index < -0.39 is 0 Å². The highest BCUT2D eigenvalue weighted by Gasteiger charge is 2.30. The molecule has 2 nitrogen and oxygen atoms in total. The largest absolute Gasteiger partial charge is 0.310 e. The summed E-state index contributed by atoms with van der Waals surface area (Å²) in [5, 5.41) is 3.75. The second-order valence-corrected chi connectivity index (χ2v) is 6.07. The van der Waals surface area contributed by atoms with E-state index in [9.17, 15) is 0 Å². The Morgan fingerprint density at radius 3 is 2.35 bits per heavy atom. The van der Waals surface area contributed by atoms with Crippen molar-refractivity contribution in [3.63, 3.8) is 0 Å². The highest BCUT2D eigenvalue weighted by atomic mass is 35.5. The van der Waals surface area contributed by atoms with Gasteiger partial charge in [-0.2, -0.15) is 0 Å². The van der Waals surface area contributed by atoms with Gasteiger partial charge in [-0.3, -0.25) is 0 Å². The van der Waals surface area contributed by atoms with Crippen LogP contribution in [0.3, 0.4) is 0 Å². The Morgan fingerprint density at radius 2 is 1.71 bits per heavy atom. The summed E-state index contributed by atoms with van der Waals surface area (Å²) in [7, 11) is 0. The number of rotatable bonds is 6. The van der Waals surface area contributed by atoms with E-state index in [1.807, 2.05) is 0 Å². The molecule has 1 aliphatic carbocycles. The predicted molar refractivity (Wildman–Crippen MR) is 74.8 cm³/mol. The van der Waals surface area contributed by atoms with Gasteiger partial charge in [-0.15, -0.1) is 11.6 Å². The Kier molecular flexibility index (Phi) is 5.58. The van der Waals surface area contributed by atoms with E-state index in [1.165, 1.54) is 71.0 Å². The minimum Gasteiger partial charge on any atom is -0.310 e. The Hall–Kier alpha value is 0.210. The van der Waals surface area contributed by atoms with E-state index in [4.69, 9.17) is 11.6 Å². The molecule has 1 aliphatic heterocycles. The zero-order valence-corrected chi connectivity index (χ0v) is 11.8. The summed E-state index contributed by atoms with van der Waals surface area (Å²) in [4.78, 5) is 2.59. The van der Waals surface area contributed by atoms with Gasteiger partial charge in [0.25, 0.3) is 0 Å². The van der Waals surface area contributed by atoms with Crippen molar-refractivity contribution in [3.05, 3.63) is 0 Å². The van der Waals surface area contributed by atoms with E-state index in [2.05, 4.69) is 10.2 Å². The third kappa shape index (κ3) is 4.11. The first kappa shape index (κ1) is 13.6. The van der Waals surface area contributed by atoms with Crippen molar-refractivity contribution in [2.24, 2.45) is 0 Å². The summed E-state index contributed by atoms with van der Waals surface area (Å²) < 4.78 is 0. The number of halogens is 1. The predicted octanol–water partition coefficient (Wildman–Crippen LogP) is 3.00. The fourth-order valence-electron chi connectivity index (χ4n) is 3.25. The molecule has 1 N–H and O–H groups in total. The monoisotopic (exact) mass is 258 g/mol. The van der Waals surface area contributed by atoms with Gasteiger partial charge in [-0.25, -0.2) is 0 Å². The van der Waals surface area contributed by atoms with Crippen LogP contribution in [0.2, 0.25) is 0 Å². The first-order valence-electron chi connectivity index (χ1n) is 7.38. The standard InChI is InChI=1S/C14H27ClN2/c15-13-14(7-2-1-3-8-14)16-9-6-12-17-10-4-5-11-17/h16H,1-13H2. The van der Waals surface area contributed by atoms with Crippen molar-refractivity contribution >= 4 is 11.6 Å². The number of hydrogen-bond donors (Lipinski definition) is 1. The van der Waals surface area contributed by atoms with Crippen LogP contribution >= 0.6 is 11.6 Å². The summed E-state index contributed by atoms with van der Waals surface area (Å²) in [5.41, 5.74) is 0.269. The second-order valence-electron chi connectivity index (χ2n) is 5.80. The zero-order chi connectivity index (χ0) is 12.0. The van der Waals surface area contributed by atoms with Crippen molar-refractivity contribution in [1.29, 1.82) is 0 Å². The number of likely N-dealkylation sites (tertiary alicyclic amines) is 1. The van der Waals surface area contributed by atoms with Crippen LogP contribution in [-0.2, 0) is 0 Å². The molecule has 1 saturated heterocycles. The van der Waals surface area contributed by atoms with Gasteiger partial charge in [-0.1, -0.05) is 19.3 Å². The second kappa shape index (κ2) is 6.96. The Labute approximate surface area is 111 Å². The normalized spacial score (nSPS) is 25.2. The van der Waals surface area contributed by atoms with Crippen LogP contribution in [0.15, 0.2) is 0 Å². The Balaban J connectivity index is 1.61. The van der Waals surface area contributed by atoms with Gasteiger partial charge in [0, 0.05) is 11.4 Å². The maximum atomic E-state index is 6.17.